The van der Waals surface area contributed by atoms with E-state index >= 15 is 0 Å². The molecule has 5 nitrogen and oxygen atoms in total. The van der Waals surface area contributed by atoms with Gasteiger partial charge in [-0.25, -0.2) is 4.79 Å². The first-order valence-corrected chi connectivity index (χ1v) is 8.12. The third-order valence-corrected chi connectivity index (χ3v) is 3.77. The lowest BCUT2D eigenvalue weighted by Crippen LogP contribution is -2.36. The van der Waals surface area contributed by atoms with Crippen LogP contribution in [0.1, 0.15) is 38.7 Å². The number of carbonyl (C=O) groups is 1. The number of hydrogen-bond acceptors (Lipinski definition) is 4. The van der Waals surface area contributed by atoms with Crippen LogP contribution in [0.2, 0.25) is 0 Å². The van der Waals surface area contributed by atoms with Crippen molar-refractivity contribution in [1.29, 1.82) is 0 Å². The maximum atomic E-state index is 12.4. The standard InChI is InChI=1S/C19H23NO4/c1-4-6-7-8-11-19(22,18(21)24-5-2)16-13-20-17-12-14(23-3)9-10-15(16)17/h9-10,12-13,20,22H,4-7H2,1-3H3. The fourth-order valence-electron chi connectivity index (χ4n) is 2.45. The number of aromatic nitrogens is 1. The number of fused-ring (bicyclic) bond motifs is 1. The number of aromatic amines is 1. The smallest absolute Gasteiger partial charge is 0.356 e. The molecule has 0 amide bonds. The minimum absolute atomic E-state index is 0.175. The molecule has 5 heteroatoms. The van der Waals surface area contributed by atoms with Crippen LogP contribution >= 0.6 is 0 Å². The molecule has 0 saturated heterocycles. The van der Waals surface area contributed by atoms with Crippen molar-refractivity contribution in [2.45, 2.75) is 38.7 Å². The molecule has 0 bridgehead atoms. The van der Waals surface area contributed by atoms with Crippen LogP contribution in [0.5, 0.6) is 5.75 Å². The molecule has 0 spiro atoms. The van der Waals surface area contributed by atoms with Crippen LogP contribution in [0.3, 0.4) is 0 Å². The number of rotatable bonds is 6. The highest BCUT2D eigenvalue weighted by atomic mass is 16.5. The lowest BCUT2D eigenvalue weighted by Gasteiger charge is -2.19. The summed E-state index contributed by atoms with van der Waals surface area (Å²) in [5.41, 5.74) is -0.846. The van der Waals surface area contributed by atoms with Gasteiger partial charge < -0.3 is 19.6 Å². The highest BCUT2D eigenvalue weighted by Crippen LogP contribution is 2.31. The normalized spacial score (nSPS) is 13.0. The van der Waals surface area contributed by atoms with Crippen LogP contribution in [0.25, 0.3) is 10.9 Å². The van der Waals surface area contributed by atoms with E-state index in [-0.39, 0.29) is 6.61 Å². The first-order chi connectivity index (χ1) is 11.6. The molecule has 24 heavy (non-hydrogen) atoms. The summed E-state index contributed by atoms with van der Waals surface area (Å²) in [5, 5.41) is 11.7. The van der Waals surface area contributed by atoms with Gasteiger partial charge in [0.25, 0.3) is 5.60 Å². The average molecular weight is 329 g/mol. The molecule has 0 saturated carbocycles. The quantitative estimate of drug-likeness (QED) is 0.485. The van der Waals surface area contributed by atoms with Gasteiger partial charge in [-0.2, -0.15) is 0 Å². The zero-order chi connectivity index (χ0) is 17.6. The molecule has 1 heterocycles. The summed E-state index contributed by atoms with van der Waals surface area (Å²) in [5.74, 6) is 5.55. The Morgan fingerprint density at radius 3 is 2.83 bits per heavy atom. The van der Waals surface area contributed by atoms with Gasteiger partial charge in [0.1, 0.15) is 5.75 Å². The molecule has 128 valence electrons. The van der Waals surface area contributed by atoms with E-state index in [4.69, 9.17) is 9.47 Å². The van der Waals surface area contributed by atoms with Gasteiger partial charge >= 0.3 is 5.97 Å². The number of ether oxygens (including phenoxy) is 2. The fraction of sp³-hybridized carbons (Fsp3) is 0.421. The highest BCUT2D eigenvalue weighted by molar-refractivity contribution is 5.94. The zero-order valence-corrected chi connectivity index (χ0v) is 14.3. The van der Waals surface area contributed by atoms with Crippen molar-refractivity contribution < 1.29 is 19.4 Å². The summed E-state index contributed by atoms with van der Waals surface area (Å²) in [6, 6.07) is 5.36. The Kier molecular flexibility index (Phi) is 5.88. The van der Waals surface area contributed by atoms with Crippen molar-refractivity contribution >= 4 is 16.9 Å². The van der Waals surface area contributed by atoms with E-state index in [9.17, 15) is 9.90 Å². The molecule has 1 aromatic carbocycles. The molecule has 1 unspecified atom stereocenters. The SMILES string of the molecule is CCCCC#CC(O)(C(=O)OCC)c1c[nH]c2cc(OC)ccc12. The van der Waals surface area contributed by atoms with E-state index in [1.54, 1.807) is 38.4 Å². The van der Waals surface area contributed by atoms with Crippen LogP contribution in [-0.4, -0.2) is 29.8 Å². The molecular weight excluding hydrogens is 306 g/mol. The van der Waals surface area contributed by atoms with E-state index in [1.165, 1.54) is 0 Å². The van der Waals surface area contributed by atoms with E-state index in [2.05, 4.69) is 23.7 Å². The molecule has 2 aromatic rings. The molecule has 0 aliphatic heterocycles. The molecule has 0 aliphatic carbocycles. The number of benzene rings is 1. The highest BCUT2D eigenvalue weighted by Gasteiger charge is 2.40. The molecule has 2 N–H and O–H groups in total. The van der Waals surface area contributed by atoms with Crippen molar-refractivity contribution in [3.05, 3.63) is 30.0 Å². The number of carbonyl (C=O) groups excluding carboxylic acids is 1. The third kappa shape index (κ3) is 3.55. The van der Waals surface area contributed by atoms with Gasteiger partial charge in [0.05, 0.1) is 13.7 Å². The minimum Gasteiger partial charge on any atom is -0.497 e. The average Bonchev–Trinajstić information content (AvgIpc) is 3.02. The topological polar surface area (TPSA) is 71.5 Å². The van der Waals surface area contributed by atoms with Crippen molar-refractivity contribution in [2.75, 3.05) is 13.7 Å². The molecule has 0 aliphatic rings. The summed E-state index contributed by atoms with van der Waals surface area (Å²) in [4.78, 5) is 15.4. The second kappa shape index (κ2) is 7.89. The maximum absolute atomic E-state index is 12.4. The predicted molar refractivity (Wildman–Crippen MR) is 92.7 cm³/mol. The van der Waals surface area contributed by atoms with Gasteiger partial charge in [-0.05, 0) is 25.5 Å². The van der Waals surface area contributed by atoms with Gasteiger partial charge in [0.2, 0.25) is 0 Å². The molecule has 1 atom stereocenters. The second-order valence-electron chi connectivity index (χ2n) is 5.45. The molecule has 0 radical (unpaired) electrons. The number of nitrogens with one attached hydrogen (secondary N) is 1. The van der Waals surface area contributed by atoms with Crippen molar-refractivity contribution in [1.82, 2.24) is 4.98 Å². The van der Waals surface area contributed by atoms with Crippen LogP contribution in [-0.2, 0) is 15.1 Å². The Hall–Kier alpha value is -2.45. The second-order valence-corrected chi connectivity index (χ2v) is 5.45. The molecule has 1 aromatic heterocycles. The number of aliphatic hydroxyl groups is 1. The molecule has 2 rings (SSSR count). The van der Waals surface area contributed by atoms with Crippen molar-refractivity contribution in [3.8, 4) is 17.6 Å². The first-order valence-electron chi connectivity index (χ1n) is 8.12. The van der Waals surface area contributed by atoms with E-state index in [0.717, 1.165) is 18.4 Å². The monoisotopic (exact) mass is 329 g/mol. The number of methoxy groups -OCH3 is 1. The lowest BCUT2D eigenvalue weighted by molar-refractivity contribution is -0.159. The van der Waals surface area contributed by atoms with E-state index in [0.29, 0.717) is 23.1 Å². The van der Waals surface area contributed by atoms with Gasteiger partial charge in [0, 0.05) is 35.2 Å². The predicted octanol–water partition coefficient (Wildman–Crippen LogP) is 3.12. The molecule has 0 fully saturated rings. The summed E-state index contributed by atoms with van der Waals surface area (Å²) < 4.78 is 10.2. The zero-order valence-electron chi connectivity index (χ0n) is 14.3. The Labute approximate surface area is 142 Å². The minimum atomic E-state index is -1.99. The van der Waals surface area contributed by atoms with Gasteiger partial charge in [0.15, 0.2) is 0 Å². The van der Waals surface area contributed by atoms with Crippen LogP contribution in [0.15, 0.2) is 24.4 Å². The maximum Gasteiger partial charge on any atom is 0.356 e. The lowest BCUT2D eigenvalue weighted by atomic mass is 9.93. The van der Waals surface area contributed by atoms with Gasteiger partial charge in [-0.15, -0.1) is 0 Å². The Morgan fingerprint density at radius 1 is 1.38 bits per heavy atom. The summed E-state index contributed by atoms with van der Waals surface area (Å²) in [6.07, 6.45) is 4.13. The largest absolute Gasteiger partial charge is 0.497 e. The Balaban J connectivity index is 2.50. The van der Waals surface area contributed by atoms with Crippen LogP contribution < -0.4 is 4.74 Å². The third-order valence-electron chi connectivity index (χ3n) is 3.77. The van der Waals surface area contributed by atoms with Crippen LogP contribution in [0, 0.1) is 11.8 Å². The Bertz CT molecular complexity index is 769. The van der Waals surface area contributed by atoms with Gasteiger partial charge in [-0.3, -0.25) is 0 Å². The van der Waals surface area contributed by atoms with Crippen LogP contribution in [0.4, 0.5) is 0 Å². The Morgan fingerprint density at radius 2 is 2.17 bits per heavy atom. The number of H-pyrrole nitrogens is 1. The van der Waals surface area contributed by atoms with Crippen molar-refractivity contribution in [3.63, 3.8) is 0 Å². The van der Waals surface area contributed by atoms with E-state index < -0.39 is 11.6 Å². The number of unbranched alkanes of at least 4 members (excludes halogenated alkanes) is 2. The fourth-order valence-corrected chi connectivity index (χ4v) is 2.45. The summed E-state index contributed by atoms with van der Waals surface area (Å²) in [6.45, 7) is 3.93. The summed E-state index contributed by atoms with van der Waals surface area (Å²) >= 11 is 0. The number of hydrogen-bond donors (Lipinski definition) is 2. The number of esters is 1. The summed E-state index contributed by atoms with van der Waals surface area (Å²) in [7, 11) is 1.58. The van der Waals surface area contributed by atoms with Crippen molar-refractivity contribution in [2.24, 2.45) is 0 Å². The van der Waals surface area contributed by atoms with Gasteiger partial charge in [-0.1, -0.05) is 25.2 Å². The first kappa shape index (κ1) is 17.9. The van der Waals surface area contributed by atoms with E-state index in [1.807, 2.05) is 0 Å². The molecular formula is C19H23NO4.